The van der Waals surface area contributed by atoms with Crippen molar-refractivity contribution in [2.24, 2.45) is 0 Å². The summed E-state index contributed by atoms with van der Waals surface area (Å²) >= 11 is 0. The van der Waals surface area contributed by atoms with Gasteiger partial charge in [0.15, 0.2) is 0 Å². The maximum Gasteiger partial charge on any atom is 0.305 e. The number of aliphatic hydroxyl groups excluding tert-OH is 2. The highest BCUT2D eigenvalue weighted by atomic mass is 16.5. The van der Waals surface area contributed by atoms with Crippen molar-refractivity contribution in [3.8, 4) is 0 Å². The molecule has 0 fully saturated rings. The van der Waals surface area contributed by atoms with Crippen LogP contribution in [0.5, 0.6) is 0 Å². The van der Waals surface area contributed by atoms with Crippen molar-refractivity contribution >= 4 is 11.9 Å². The fourth-order valence-corrected chi connectivity index (χ4v) is 8.90. The summed E-state index contributed by atoms with van der Waals surface area (Å²) in [5.41, 5.74) is 0. The van der Waals surface area contributed by atoms with E-state index < -0.39 is 12.1 Å². The monoisotopic (exact) mass is 928 g/mol. The molecule has 0 aliphatic rings. The van der Waals surface area contributed by atoms with Crippen LogP contribution < -0.4 is 5.32 Å². The van der Waals surface area contributed by atoms with Crippen LogP contribution in [-0.2, 0) is 14.3 Å². The highest BCUT2D eigenvalue weighted by Gasteiger charge is 2.18. The van der Waals surface area contributed by atoms with Crippen LogP contribution in [0, 0.1) is 0 Å². The van der Waals surface area contributed by atoms with Gasteiger partial charge >= 0.3 is 5.97 Å². The zero-order valence-corrected chi connectivity index (χ0v) is 44.2. The van der Waals surface area contributed by atoms with Crippen molar-refractivity contribution in [1.29, 1.82) is 0 Å². The van der Waals surface area contributed by atoms with Crippen LogP contribution in [0.1, 0.15) is 309 Å². The number of rotatable bonds is 54. The molecule has 0 radical (unpaired) electrons. The number of allylic oxidation sites excluding steroid dienone is 5. The Labute approximate surface area is 411 Å². The van der Waals surface area contributed by atoms with E-state index in [9.17, 15) is 19.8 Å². The second-order valence-electron chi connectivity index (χ2n) is 20.0. The van der Waals surface area contributed by atoms with Crippen LogP contribution in [0.2, 0.25) is 0 Å². The van der Waals surface area contributed by atoms with E-state index in [4.69, 9.17) is 4.74 Å². The second kappa shape index (κ2) is 55.7. The highest BCUT2D eigenvalue weighted by Crippen LogP contribution is 2.17. The molecule has 0 rings (SSSR count). The number of hydrogen-bond acceptors (Lipinski definition) is 5. The Balaban J connectivity index is 3.48. The molecular weight excluding hydrogens is 815 g/mol. The Hall–Kier alpha value is -1.92. The molecule has 0 heterocycles. The molecule has 0 saturated carbocycles. The average molecular weight is 929 g/mol. The van der Waals surface area contributed by atoms with Gasteiger partial charge in [0.05, 0.1) is 25.4 Å². The number of nitrogens with one attached hydrogen (secondary N) is 1. The maximum absolute atomic E-state index is 12.5. The molecule has 0 aromatic carbocycles. The summed E-state index contributed by atoms with van der Waals surface area (Å²) < 4.78 is 5.47. The first-order valence-corrected chi connectivity index (χ1v) is 29.3. The van der Waals surface area contributed by atoms with Crippen LogP contribution in [-0.4, -0.2) is 47.4 Å². The molecule has 2 atom stereocenters. The van der Waals surface area contributed by atoms with Crippen molar-refractivity contribution in [2.45, 2.75) is 321 Å². The van der Waals surface area contributed by atoms with Crippen LogP contribution in [0.3, 0.4) is 0 Å². The molecule has 0 bridgehead atoms. The third kappa shape index (κ3) is 51.5. The van der Waals surface area contributed by atoms with Crippen molar-refractivity contribution < 1.29 is 24.5 Å². The fourth-order valence-electron chi connectivity index (χ4n) is 8.90. The molecule has 1 amide bonds. The van der Waals surface area contributed by atoms with E-state index in [0.29, 0.717) is 19.4 Å². The number of hydrogen-bond donors (Lipinski definition) is 3. The fraction of sp³-hybridized carbons (Fsp3) is 0.867. The molecular formula is C60H113NO5. The van der Waals surface area contributed by atoms with Gasteiger partial charge in [0.1, 0.15) is 0 Å². The summed E-state index contributed by atoms with van der Waals surface area (Å²) in [4.78, 5) is 24.5. The van der Waals surface area contributed by atoms with E-state index in [1.54, 1.807) is 6.08 Å². The van der Waals surface area contributed by atoms with E-state index in [-0.39, 0.29) is 18.5 Å². The number of unbranched alkanes of at least 4 members (excludes halogenated alkanes) is 39. The lowest BCUT2D eigenvalue weighted by Gasteiger charge is -2.20. The molecule has 0 aromatic heterocycles. The van der Waals surface area contributed by atoms with Crippen LogP contribution >= 0.6 is 0 Å². The summed E-state index contributed by atoms with van der Waals surface area (Å²) in [5.74, 6) is -0.0942. The van der Waals surface area contributed by atoms with Crippen molar-refractivity contribution in [3.05, 3.63) is 36.5 Å². The zero-order valence-electron chi connectivity index (χ0n) is 44.2. The lowest BCUT2D eigenvalue weighted by atomic mass is 10.0. The Bertz CT molecular complexity index is 1070. The van der Waals surface area contributed by atoms with Gasteiger partial charge in [-0.3, -0.25) is 9.59 Å². The van der Waals surface area contributed by atoms with E-state index in [1.165, 1.54) is 218 Å². The molecule has 0 aliphatic carbocycles. The van der Waals surface area contributed by atoms with E-state index >= 15 is 0 Å². The minimum absolute atomic E-state index is 0.0167. The minimum Gasteiger partial charge on any atom is -0.466 e. The molecule has 388 valence electrons. The summed E-state index contributed by atoms with van der Waals surface area (Å²) in [5, 5.41) is 23.2. The highest BCUT2D eigenvalue weighted by molar-refractivity contribution is 5.76. The molecule has 0 spiro atoms. The molecule has 66 heavy (non-hydrogen) atoms. The van der Waals surface area contributed by atoms with Gasteiger partial charge in [0.2, 0.25) is 5.91 Å². The van der Waals surface area contributed by atoms with E-state index in [2.05, 4.69) is 43.5 Å². The molecule has 0 aromatic rings. The standard InChI is InChI=1S/C60H113NO5/c1-3-5-7-9-11-13-15-17-19-21-22-23-24-28-32-36-40-44-48-52-58(63)57(56-62)61-59(64)53-49-45-41-37-33-29-26-27-31-35-39-43-47-51-55-66-60(65)54-50-46-42-38-34-30-25-20-18-16-14-12-10-8-6-4-2/h14,16,20,25,48,52,57-58,62-63H,3-13,15,17-19,21-24,26-47,49-51,53-56H2,1-2H3,(H,61,64)/b16-14-,25-20-,52-48+. The number of ether oxygens (including phenoxy) is 1. The van der Waals surface area contributed by atoms with Crippen molar-refractivity contribution in [1.82, 2.24) is 5.32 Å². The third-order valence-corrected chi connectivity index (χ3v) is 13.4. The lowest BCUT2D eigenvalue weighted by molar-refractivity contribution is -0.143. The van der Waals surface area contributed by atoms with Gasteiger partial charge in [-0.1, -0.05) is 269 Å². The van der Waals surface area contributed by atoms with Gasteiger partial charge in [0, 0.05) is 12.8 Å². The largest absolute Gasteiger partial charge is 0.466 e. The number of esters is 1. The minimum atomic E-state index is -0.853. The number of carbonyl (C=O) groups excluding carboxylic acids is 2. The van der Waals surface area contributed by atoms with Crippen LogP contribution in [0.15, 0.2) is 36.5 Å². The third-order valence-electron chi connectivity index (χ3n) is 13.4. The smallest absolute Gasteiger partial charge is 0.305 e. The maximum atomic E-state index is 12.5. The topological polar surface area (TPSA) is 95.9 Å². The summed E-state index contributed by atoms with van der Waals surface area (Å²) in [6.07, 6.45) is 68.7. The molecule has 3 N–H and O–H groups in total. The normalized spacial score (nSPS) is 12.8. The first-order chi connectivity index (χ1) is 32.5. The van der Waals surface area contributed by atoms with Gasteiger partial charge in [-0.2, -0.15) is 0 Å². The Kier molecular flexibility index (Phi) is 54.1. The lowest BCUT2D eigenvalue weighted by Crippen LogP contribution is -2.45. The zero-order chi connectivity index (χ0) is 47.9. The summed E-state index contributed by atoms with van der Waals surface area (Å²) in [6, 6.07) is -0.637. The Morgan fingerprint density at radius 2 is 0.758 bits per heavy atom. The first-order valence-electron chi connectivity index (χ1n) is 29.3. The van der Waals surface area contributed by atoms with E-state index in [0.717, 1.165) is 64.2 Å². The Morgan fingerprint density at radius 3 is 1.17 bits per heavy atom. The second-order valence-corrected chi connectivity index (χ2v) is 20.0. The molecule has 2 unspecified atom stereocenters. The number of amides is 1. The summed E-state index contributed by atoms with van der Waals surface area (Å²) in [7, 11) is 0. The predicted molar refractivity (Wildman–Crippen MR) is 287 cm³/mol. The Morgan fingerprint density at radius 1 is 0.424 bits per heavy atom. The van der Waals surface area contributed by atoms with Crippen molar-refractivity contribution in [3.63, 3.8) is 0 Å². The quantitative estimate of drug-likeness (QED) is 0.0321. The first kappa shape index (κ1) is 64.1. The summed E-state index contributed by atoms with van der Waals surface area (Å²) in [6.45, 7) is 4.87. The van der Waals surface area contributed by atoms with Crippen molar-refractivity contribution in [2.75, 3.05) is 13.2 Å². The van der Waals surface area contributed by atoms with Crippen LogP contribution in [0.25, 0.3) is 0 Å². The molecule has 0 saturated heterocycles. The molecule has 6 nitrogen and oxygen atoms in total. The number of aliphatic hydroxyl groups is 2. The van der Waals surface area contributed by atoms with Gasteiger partial charge < -0.3 is 20.3 Å². The van der Waals surface area contributed by atoms with Gasteiger partial charge in [-0.05, 0) is 64.2 Å². The molecule has 6 heteroatoms. The predicted octanol–water partition coefficient (Wildman–Crippen LogP) is 18.0. The SMILES string of the molecule is CCCCCC/C=C\C/C=C\CCCCCCCC(=O)OCCCCCCCCCCCCCCCCC(=O)NC(CO)C(O)/C=C/CCCCCCCCCCCCCCCCCCC. The van der Waals surface area contributed by atoms with Gasteiger partial charge in [-0.25, -0.2) is 0 Å². The average Bonchev–Trinajstić information content (AvgIpc) is 3.32. The van der Waals surface area contributed by atoms with E-state index in [1.807, 2.05) is 6.08 Å². The van der Waals surface area contributed by atoms with Crippen LogP contribution in [0.4, 0.5) is 0 Å². The number of carbonyl (C=O) groups is 2. The van der Waals surface area contributed by atoms with Gasteiger partial charge in [0.25, 0.3) is 0 Å². The van der Waals surface area contributed by atoms with Gasteiger partial charge in [-0.15, -0.1) is 0 Å². The molecule has 0 aliphatic heterocycles.